The molecule has 96 valence electrons. The van der Waals surface area contributed by atoms with Crippen molar-refractivity contribution < 1.29 is 4.74 Å². The van der Waals surface area contributed by atoms with Crippen molar-refractivity contribution in [2.45, 2.75) is 46.0 Å². The summed E-state index contributed by atoms with van der Waals surface area (Å²) in [6.07, 6.45) is 0.980. The van der Waals surface area contributed by atoms with E-state index in [-0.39, 0.29) is 5.41 Å². The van der Waals surface area contributed by atoms with Gasteiger partial charge in [-0.15, -0.1) is 0 Å². The molecule has 1 aromatic carbocycles. The Bertz CT molecular complexity index is 513. The van der Waals surface area contributed by atoms with Crippen molar-refractivity contribution in [2.24, 2.45) is 5.41 Å². The van der Waals surface area contributed by atoms with Gasteiger partial charge >= 0.3 is 0 Å². The van der Waals surface area contributed by atoms with Crippen LogP contribution in [-0.2, 0) is 0 Å². The second-order valence-corrected chi connectivity index (χ2v) is 5.89. The lowest BCUT2D eigenvalue weighted by atomic mass is 9.92. The van der Waals surface area contributed by atoms with Crippen molar-refractivity contribution in [3.8, 4) is 11.8 Å². The molecule has 1 aliphatic carbocycles. The van der Waals surface area contributed by atoms with E-state index in [2.05, 4.69) is 45.9 Å². The van der Waals surface area contributed by atoms with Crippen LogP contribution in [0.4, 0.5) is 0 Å². The number of ether oxygens (including phenoxy) is 1. The third kappa shape index (κ3) is 1.99. The number of aryl methyl sites for hydroxylation is 1. The third-order valence-corrected chi connectivity index (χ3v) is 4.11. The van der Waals surface area contributed by atoms with E-state index in [1.165, 1.54) is 16.7 Å². The van der Waals surface area contributed by atoms with Gasteiger partial charge in [-0.25, -0.2) is 0 Å². The highest BCUT2D eigenvalue weighted by molar-refractivity contribution is 5.48. The molecule has 18 heavy (non-hydrogen) atoms. The Morgan fingerprint density at radius 1 is 1.44 bits per heavy atom. The number of nitrogens with zero attached hydrogens (tertiary/aromatic N) is 1. The predicted octanol–water partition coefficient (Wildman–Crippen LogP) is 4.14. The Morgan fingerprint density at radius 3 is 2.56 bits per heavy atom. The predicted molar refractivity (Wildman–Crippen MR) is 72.9 cm³/mol. The normalized spacial score (nSPS) is 25.9. The summed E-state index contributed by atoms with van der Waals surface area (Å²) in [5, 5.41) is 9.19. The molecule has 2 rings (SSSR count). The maximum Gasteiger partial charge on any atom is 0.122 e. The summed E-state index contributed by atoms with van der Waals surface area (Å²) in [6, 6.07) is 6.79. The highest BCUT2D eigenvalue weighted by Crippen LogP contribution is 2.59. The minimum absolute atomic E-state index is 0.159. The number of benzene rings is 1. The first-order valence-electron chi connectivity index (χ1n) is 6.52. The molecule has 2 unspecified atom stereocenters. The van der Waals surface area contributed by atoms with E-state index >= 15 is 0 Å². The van der Waals surface area contributed by atoms with E-state index < -0.39 is 0 Å². The molecule has 0 radical (unpaired) electrons. The molecule has 2 atom stereocenters. The molecule has 0 amide bonds. The number of hydrogen-bond donors (Lipinski definition) is 0. The third-order valence-electron chi connectivity index (χ3n) is 4.11. The molecule has 0 aliphatic heterocycles. The van der Waals surface area contributed by atoms with Gasteiger partial charge in [0.05, 0.1) is 18.6 Å². The number of hydrogen-bond acceptors (Lipinski definition) is 2. The van der Waals surface area contributed by atoms with E-state index in [0.717, 1.165) is 12.2 Å². The van der Waals surface area contributed by atoms with Gasteiger partial charge < -0.3 is 4.74 Å². The molecule has 2 heteroatoms. The van der Waals surface area contributed by atoms with Crippen LogP contribution in [0.1, 0.15) is 55.7 Å². The Kier molecular flexibility index (Phi) is 3.11. The molecule has 1 aliphatic rings. The molecule has 1 saturated carbocycles. The van der Waals surface area contributed by atoms with Crippen molar-refractivity contribution >= 4 is 0 Å². The van der Waals surface area contributed by atoms with Gasteiger partial charge in [0, 0.05) is 5.92 Å². The SMILES string of the molecule is COc1cc(C)c(C2CC2(C)C#N)cc1C(C)C. The molecule has 0 saturated heterocycles. The molecule has 1 fully saturated rings. The topological polar surface area (TPSA) is 33.0 Å². The van der Waals surface area contributed by atoms with Gasteiger partial charge in [-0.1, -0.05) is 19.9 Å². The lowest BCUT2D eigenvalue weighted by Gasteiger charge is -2.16. The van der Waals surface area contributed by atoms with Crippen LogP contribution in [0.5, 0.6) is 5.75 Å². The fourth-order valence-electron chi connectivity index (χ4n) is 2.66. The average Bonchev–Trinajstić information content (AvgIpc) is 3.01. The number of nitriles is 1. The van der Waals surface area contributed by atoms with Gasteiger partial charge in [0.25, 0.3) is 0 Å². The maximum absolute atomic E-state index is 9.19. The molecule has 0 heterocycles. The molecule has 2 nitrogen and oxygen atoms in total. The van der Waals surface area contributed by atoms with Crippen LogP contribution < -0.4 is 4.74 Å². The first kappa shape index (κ1) is 13.0. The van der Waals surface area contributed by atoms with Gasteiger partial charge in [0.2, 0.25) is 0 Å². The van der Waals surface area contributed by atoms with Crippen LogP contribution in [0.2, 0.25) is 0 Å². The van der Waals surface area contributed by atoms with Crippen molar-refractivity contribution in [1.29, 1.82) is 5.26 Å². The molecule has 1 aromatic rings. The smallest absolute Gasteiger partial charge is 0.122 e. The van der Waals surface area contributed by atoms with Gasteiger partial charge in [-0.05, 0) is 48.9 Å². The Morgan fingerprint density at radius 2 is 2.11 bits per heavy atom. The summed E-state index contributed by atoms with van der Waals surface area (Å²) in [5.41, 5.74) is 3.64. The monoisotopic (exact) mass is 243 g/mol. The van der Waals surface area contributed by atoms with Crippen molar-refractivity contribution in [2.75, 3.05) is 7.11 Å². The zero-order valence-corrected chi connectivity index (χ0v) is 11.9. The van der Waals surface area contributed by atoms with Crippen molar-refractivity contribution in [3.63, 3.8) is 0 Å². The highest BCUT2D eigenvalue weighted by atomic mass is 16.5. The zero-order valence-electron chi connectivity index (χ0n) is 11.9. The summed E-state index contributed by atoms with van der Waals surface area (Å²) in [4.78, 5) is 0. The fraction of sp³-hybridized carbons (Fsp3) is 0.562. The van der Waals surface area contributed by atoms with Gasteiger partial charge in [0.1, 0.15) is 5.75 Å². The summed E-state index contributed by atoms with van der Waals surface area (Å²) < 4.78 is 5.46. The molecular formula is C16H21NO. The fourth-order valence-corrected chi connectivity index (χ4v) is 2.66. The Balaban J connectivity index is 2.45. The Labute approximate surface area is 110 Å². The van der Waals surface area contributed by atoms with Crippen molar-refractivity contribution in [3.05, 3.63) is 28.8 Å². The van der Waals surface area contributed by atoms with E-state index in [1.54, 1.807) is 7.11 Å². The van der Waals surface area contributed by atoms with Crippen LogP contribution in [-0.4, -0.2) is 7.11 Å². The summed E-state index contributed by atoms with van der Waals surface area (Å²) >= 11 is 0. The van der Waals surface area contributed by atoms with Gasteiger partial charge in [0.15, 0.2) is 0 Å². The summed E-state index contributed by atoms with van der Waals surface area (Å²) in [5.74, 6) is 1.79. The quantitative estimate of drug-likeness (QED) is 0.799. The molecular weight excluding hydrogens is 222 g/mol. The van der Waals surface area contributed by atoms with Crippen LogP contribution in [0.3, 0.4) is 0 Å². The standard InChI is InChI=1S/C16H21NO/c1-10(2)12-7-13(11(3)6-15(12)18-5)14-8-16(14,4)9-17/h6-7,10,14H,8H2,1-5H3. The largest absolute Gasteiger partial charge is 0.496 e. The van der Waals surface area contributed by atoms with Crippen LogP contribution in [0.15, 0.2) is 12.1 Å². The molecule has 0 N–H and O–H groups in total. The second kappa shape index (κ2) is 4.31. The van der Waals surface area contributed by atoms with E-state index in [4.69, 9.17) is 4.74 Å². The van der Waals surface area contributed by atoms with Crippen LogP contribution in [0.25, 0.3) is 0 Å². The first-order valence-corrected chi connectivity index (χ1v) is 6.52. The minimum Gasteiger partial charge on any atom is -0.496 e. The van der Waals surface area contributed by atoms with Crippen molar-refractivity contribution in [1.82, 2.24) is 0 Å². The Hall–Kier alpha value is -1.49. The van der Waals surface area contributed by atoms with E-state index in [9.17, 15) is 5.26 Å². The second-order valence-electron chi connectivity index (χ2n) is 5.89. The first-order chi connectivity index (χ1) is 8.42. The number of rotatable bonds is 3. The molecule has 0 bridgehead atoms. The summed E-state index contributed by atoms with van der Waals surface area (Å²) in [7, 11) is 1.72. The minimum atomic E-state index is -0.159. The highest BCUT2D eigenvalue weighted by Gasteiger charge is 2.52. The van der Waals surface area contributed by atoms with E-state index in [0.29, 0.717) is 11.8 Å². The summed E-state index contributed by atoms with van der Waals surface area (Å²) in [6.45, 7) is 8.51. The molecule has 0 aromatic heterocycles. The average molecular weight is 243 g/mol. The zero-order chi connectivity index (χ0) is 13.5. The van der Waals surface area contributed by atoms with Gasteiger partial charge in [-0.3, -0.25) is 0 Å². The lowest BCUT2D eigenvalue weighted by Crippen LogP contribution is -2.00. The molecule has 0 spiro atoms. The van der Waals surface area contributed by atoms with Crippen LogP contribution in [0, 0.1) is 23.7 Å². The number of methoxy groups -OCH3 is 1. The lowest BCUT2D eigenvalue weighted by molar-refractivity contribution is 0.407. The van der Waals surface area contributed by atoms with Gasteiger partial charge in [-0.2, -0.15) is 5.26 Å². The van der Waals surface area contributed by atoms with Crippen LogP contribution >= 0.6 is 0 Å². The maximum atomic E-state index is 9.19. The van der Waals surface area contributed by atoms with E-state index in [1.807, 2.05) is 0 Å².